The van der Waals surface area contributed by atoms with E-state index in [1.54, 1.807) is 0 Å². The van der Waals surface area contributed by atoms with Crippen molar-refractivity contribution >= 4 is 44.6 Å². The smallest absolute Gasteiger partial charge is 0.124 e. The van der Waals surface area contributed by atoms with Crippen LogP contribution in [-0.2, 0) is 5.75 Å². The van der Waals surface area contributed by atoms with Crippen molar-refractivity contribution in [2.45, 2.75) is 10.6 Å². The van der Waals surface area contributed by atoms with Gasteiger partial charge in [0, 0.05) is 21.4 Å². The van der Waals surface area contributed by atoms with E-state index in [0.717, 1.165) is 22.8 Å². The first-order valence-corrected chi connectivity index (χ1v) is 11.1. The second kappa shape index (κ2) is 6.00. The number of benzene rings is 4. The summed E-state index contributed by atoms with van der Waals surface area (Å²) in [5.41, 5.74) is 7.04. The maximum atomic E-state index is 5.01. The molecule has 0 fully saturated rings. The molecule has 0 N–H and O–H groups in total. The first-order valence-electron chi connectivity index (χ1n) is 10.1. The maximum Gasteiger partial charge on any atom is 0.124 e. The van der Waals surface area contributed by atoms with Crippen LogP contribution in [0.2, 0.25) is 0 Å². The monoisotopic (exact) mass is 403 g/mol. The SMILES string of the molecule is c1ccc2c(c1)SCc1nc3cc(-n4c5ccccc5c5ccccc54)ccc3n1-2. The van der Waals surface area contributed by atoms with Gasteiger partial charge in [-0.15, -0.1) is 11.8 Å². The first-order chi connectivity index (χ1) is 14.9. The van der Waals surface area contributed by atoms with Crippen LogP contribution in [0.3, 0.4) is 0 Å². The molecule has 0 aliphatic carbocycles. The van der Waals surface area contributed by atoms with E-state index in [9.17, 15) is 0 Å². The number of hydrogen-bond donors (Lipinski definition) is 0. The standard InChI is InChI=1S/C26H17N3S/c1-3-9-21-18(7-1)19-8-2-4-10-22(19)28(21)17-13-14-23-20(15-17)27-26-16-30-25-12-6-5-11-24(25)29(23)26/h1-15H,16H2. The highest BCUT2D eigenvalue weighted by atomic mass is 32.2. The van der Waals surface area contributed by atoms with Gasteiger partial charge in [-0.1, -0.05) is 48.5 Å². The van der Waals surface area contributed by atoms with Crippen LogP contribution in [0.25, 0.3) is 44.2 Å². The summed E-state index contributed by atoms with van der Waals surface area (Å²) in [4.78, 5) is 6.33. The predicted molar refractivity (Wildman–Crippen MR) is 125 cm³/mol. The molecule has 142 valence electrons. The summed E-state index contributed by atoms with van der Waals surface area (Å²) < 4.78 is 4.67. The number of aromatic nitrogens is 3. The van der Waals surface area contributed by atoms with Crippen LogP contribution in [-0.4, -0.2) is 14.1 Å². The lowest BCUT2D eigenvalue weighted by Gasteiger charge is -2.18. The minimum absolute atomic E-state index is 0.899. The second-order valence-corrected chi connectivity index (χ2v) is 8.68. The van der Waals surface area contributed by atoms with Gasteiger partial charge in [0.05, 0.1) is 33.5 Å². The Balaban J connectivity index is 1.52. The van der Waals surface area contributed by atoms with E-state index in [1.807, 2.05) is 11.8 Å². The minimum atomic E-state index is 0.899. The van der Waals surface area contributed by atoms with E-state index in [2.05, 4.69) is 100 Å². The summed E-state index contributed by atoms with van der Waals surface area (Å²) >= 11 is 1.86. The van der Waals surface area contributed by atoms with Crippen LogP contribution < -0.4 is 0 Å². The Kier molecular flexibility index (Phi) is 3.26. The Hall–Kier alpha value is -3.50. The van der Waals surface area contributed by atoms with Crippen molar-refractivity contribution in [2.24, 2.45) is 0 Å². The molecule has 1 aliphatic heterocycles. The molecule has 4 aromatic carbocycles. The molecule has 0 amide bonds. The summed E-state index contributed by atoms with van der Waals surface area (Å²) in [7, 11) is 0. The number of imidazole rings is 1. The molecule has 2 aromatic heterocycles. The molecule has 6 aromatic rings. The molecule has 4 heteroatoms. The van der Waals surface area contributed by atoms with E-state index < -0.39 is 0 Å². The highest BCUT2D eigenvalue weighted by Gasteiger charge is 2.21. The summed E-state index contributed by atoms with van der Waals surface area (Å²) in [6, 6.07) is 32.5. The van der Waals surface area contributed by atoms with Crippen molar-refractivity contribution in [1.82, 2.24) is 14.1 Å². The lowest BCUT2D eigenvalue weighted by molar-refractivity contribution is 0.945. The van der Waals surface area contributed by atoms with Crippen molar-refractivity contribution in [3.8, 4) is 11.4 Å². The van der Waals surface area contributed by atoms with E-state index in [4.69, 9.17) is 4.98 Å². The number of nitrogens with zero attached hydrogens (tertiary/aromatic N) is 3. The lowest BCUT2D eigenvalue weighted by Crippen LogP contribution is -2.06. The van der Waals surface area contributed by atoms with Crippen molar-refractivity contribution in [3.05, 3.63) is 96.8 Å². The molecule has 7 rings (SSSR count). The Bertz CT molecular complexity index is 1550. The van der Waals surface area contributed by atoms with Gasteiger partial charge in [-0.05, 0) is 42.5 Å². The second-order valence-electron chi connectivity index (χ2n) is 7.66. The molecule has 1 aliphatic rings. The van der Waals surface area contributed by atoms with Crippen LogP contribution in [0.1, 0.15) is 5.82 Å². The van der Waals surface area contributed by atoms with Gasteiger partial charge in [0.2, 0.25) is 0 Å². The molecular formula is C26H17N3S. The average Bonchev–Trinajstić information content (AvgIpc) is 3.34. The number of rotatable bonds is 1. The number of hydrogen-bond acceptors (Lipinski definition) is 2. The molecule has 0 saturated carbocycles. The van der Waals surface area contributed by atoms with Crippen LogP contribution >= 0.6 is 11.8 Å². The summed E-state index contributed by atoms with van der Waals surface area (Å²) in [5.74, 6) is 2.02. The normalized spacial score (nSPS) is 13.1. The molecule has 0 saturated heterocycles. The Labute approximate surface area is 177 Å². The molecule has 0 unspecified atom stereocenters. The highest BCUT2D eigenvalue weighted by molar-refractivity contribution is 7.98. The van der Waals surface area contributed by atoms with Crippen LogP contribution in [0.4, 0.5) is 0 Å². The third kappa shape index (κ3) is 2.14. The van der Waals surface area contributed by atoms with Gasteiger partial charge >= 0.3 is 0 Å². The fourth-order valence-corrected chi connectivity index (χ4v) is 5.69. The van der Waals surface area contributed by atoms with Gasteiger partial charge in [0.1, 0.15) is 5.82 Å². The van der Waals surface area contributed by atoms with Crippen LogP contribution in [0, 0.1) is 0 Å². The fourth-order valence-electron chi connectivity index (χ4n) is 4.73. The minimum Gasteiger partial charge on any atom is -0.309 e. The Morgan fingerprint density at radius 1 is 0.667 bits per heavy atom. The first kappa shape index (κ1) is 16.3. The average molecular weight is 404 g/mol. The van der Waals surface area contributed by atoms with E-state index in [1.165, 1.54) is 37.9 Å². The van der Waals surface area contributed by atoms with E-state index in [-0.39, 0.29) is 0 Å². The molecule has 3 heterocycles. The van der Waals surface area contributed by atoms with Gasteiger partial charge in [-0.3, -0.25) is 4.57 Å². The maximum absolute atomic E-state index is 5.01. The lowest BCUT2D eigenvalue weighted by atomic mass is 10.2. The number of fused-ring (bicyclic) bond motifs is 8. The summed E-state index contributed by atoms with van der Waals surface area (Å²) in [6.45, 7) is 0. The third-order valence-corrected chi connectivity index (χ3v) is 7.07. The Morgan fingerprint density at radius 3 is 2.17 bits per heavy atom. The van der Waals surface area contributed by atoms with Gasteiger partial charge in [0.25, 0.3) is 0 Å². The predicted octanol–water partition coefficient (Wildman–Crippen LogP) is 6.73. The fraction of sp³-hybridized carbons (Fsp3) is 0.0385. The zero-order chi connectivity index (χ0) is 19.7. The molecular weight excluding hydrogens is 386 g/mol. The summed E-state index contributed by atoms with van der Waals surface area (Å²) in [6.07, 6.45) is 0. The molecule has 30 heavy (non-hydrogen) atoms. The van der Waals surface area contributed by atoms with Crippen LogP contribution in [0.15, 0.2) is 95.9 Å². The molecule has 0 radical (unpaired) electrons. The van der Waals surface area contributed by atoms with Crippen molar-refractivity contribution < 1.29 is 0 Å². The van der Waals surface area contributed by atoms with Crippen molar-refractivity contribution in [2.75, 3.05) is 0 Å². The quantitative estimate of drug-likeness (QED) is 0.304. The van der Waals surface area contributed by atoms with Gasteiger partial charge in [0.15, 0.2) is 0 Å². The number of thioether (sulfide) groups is 1. The van der Waals surface area contributed by atoms with Crippen molar-refractivity contribution in [3.63, 3.8) is 0 Å². The topological polar surface area (TPSA) is 22.8 Å². The van der Waals surface area contributed by atoms with Gasteiger partial charge in [-0.25, -0.2) is 4.98 Å². The number of para-hydroxylation sites is 3. The van der Waals surface area contributed by atoms with Gasteiger partial charge in [-0.2, -0.15) is 0 Å². The molecule has 0 bridgehead atoms. The molecule has 0 spiro atoms. The third-order valence-electron chi connectivity index (χ3n) is 6.01. The zero-order valence-corrected chi connectivity index (χ0v) is 16.9. The zero-order valence-electron chi connectivity index (χ0n) is 16.1. The molecule has 3 nitrogen and oxygen atoms in total. The highest BCUT2D eigenvalue weighted by Crippen LogP contribution is 2.38. The van der Waals surface area contributed by atoms with E-state index in [0.29, 0.717) is 0 Å². The molecule has 0 atom stereocenters. The largest absolute Gasteiger partial charge is 0.309 e. The van der Waals surface area contributed by atoms with Crippen LogP contribution in [0.5, 0.6) is 0 Å². The van der Waals surface area contributed by atoms with Gasteiger partial charge < -0.3 is 4.57 Å². The Morgan fingerprint density at radius 2 is 1.37 bits per heavy atom. The van der Waals surface area contributed by atoms with Crippen molar-refractivity contribution in [1.29, 1.82) is 0 Å². The summed E-state index contributed by atoms with van der Waals surface area (Å²) in [5, 5.41) is 2.56. The van der Waals surface area contributed by atoms with E-state index >= 15 is 0 Å².